The molecule has 0 aliphatic rings. The number of ketones is 1. The number of aryl methyl sites for hydroxylation is 2. The summed E-state index contributed by atoms with van der Waals surface area (Å²) in [5.41, 5.74) is 2.85. The molecule has 1 heterocycles. The van der Waals surface area contributed by atoms with Crippen LogP contribution in [0.4, 0.5) is 0 Å². The molecule has 1 aromatic heterocycles. The van der Waals surface area contributed by atoms with Crippen LogP contribution in [0, 0.1) is 6.92 Å². The smallest absolute Gasteiger partial charge is 0.221 e. The normalized spacial score (nSPS) is 11.1. The SMILES string of the molecule is CC(=O)c1cn(CCC(=O)NC(C)C)c2ccc(C)cc12. The van der Waals surface area contributed by atoms with Crippen LogP contribution in [0.1, 0.15) is 43.1 Å². The molecular weight excluding hydrogens is 264 g/mol. The van der Waals surface area contributed by atoms with E-state index in [0.29, 0.717) is 13.0 Å². The standard InChI is InChI=1S/C17H22N2O2/c1-11(2)18-17(21)7-8-19-10-15(13(4)20)14-9-12(3)5-6-16(14)19/h5-6,9-11H,7-8H2,1-4H3,(H,18,21). The fraction of sp³-hybridized carbons (Fsp3) is 0.412. The van der Waals surface area contributed by atoms with Crippen molar-refractivity contribution in [3.63, 3.8) is 0 Å². The van der Waals surface area contributed by atoms with E-state index in [9.17, 15) is 9.59 Å². The zero-order chi connectivity index (χ0) is 15.6. The molecule has 0 aliphatic heterocycles. The van der Waals surface area contributed by atoms with Crippen molar-refractivity contribution in [2.75, 3.05) is 0 Å². The molecular formula is C17H22N2O2. The van der Waals surface area contributed by atoms with Crippen LogP contribution in [-0.2, 0) is 11.3 Å². The van der Waals surface area contributed by atoms with Crippen molar-refractivity contribution in [1.82, 2.24) is 9.88 Å². The molecule has 0 aliphatic carbocycles. The molecule has 0 bridgehead atoms. The van der Waals surface area contributed by atoms with E-state index in [2.05, 4.69) is 5.32 Å². The highest BCUT2D eigenvalue weighted by Gasteiger charge is 2.13. The average Bonchev–Trinajstić information content (AvgIpc) is 2.73. The number of nitrogens with one attached hydrogen (secondary N) is 1. The second kappa shape index (κ2) is 6.12. The summed E-state index contributed by atoms with van der Waals surface area (Å²) in [6.07, 6.45) is 2.27. The number of aromatic nitrogens is 1. The van der Waals surface area contributed by atoms with Crippen molar-refractivity contribution in [2.24, 2.45) is 0 Å². The quantitative estimate of drug-likeness (QED) is 0.859. The van der Waals surface area contributed by atoms with Gasteiger partial charge >= 0.3 is 0 Å². The Balaban J connectivity index is 2.28. The first-order chi connectivity index (χ1) is 9.88. The molecule has 112 valence electrons. The summed E-state index contributed by atoms with van der Waals surface area (Å²) >= 11 is 0. The zero-order valence-electron chi connectivity index (χ0n) is 13.1. The summed E-state index contributed by atoms with van der Waals surface area (Å²) in [7, 11) is 0. The highest BCUT2D eigenvalue weighted by Crippen LogP contribution is 2.23. The topological polar surface area (TPSA) is 51.1 Å². The minimum atomic E-state index is 0.0309. The van der Waals surface area contributed by atoms with Crippen molar-refractivity contribution in [3.8, 4) is 0 Å². The maximum Gasteiger partial charge on any atom is 0.221 e. The number of hydrogen-bond donors (Lipinski definition) is 1. The Kier molecular flexibility index (Phi) is 4.46. The van der Waals surface area contributed by atoms with Crippen LogP contribution in [0.3, 0.4) is 0 Å². The summed E-state index contributed by atoms with van der Waals surface area (Å²) < 4.78 is 1.99. The molecule has 1 aromatic carbocycles. The molecule has 0 fully saturated rings. The Bertz CT molecular complexity index is 683. The summed E-state index contributed by atoms with van der Waals surface area (Å²) in [6.45, 7) is 8.05. The van der Waals surface area contributed by atoms with E-state index >= 15 is 0 Å². The van der Waals surface area contributed by atoms with Gasteiger partial charge in [-0.15, -0.1) is 0 Å². The number of hydrogen-bond acceptors (Lipinski definition) is 2. The van der Waals surface area contributed by atoms with Gasteiger partial charge in [0.1, 0.15) is 0 Å². The number of carbonyl (C=O) groups excluding carboxylic acids is 2. The van der Waals surface area contributed by atoms with Crippen molar-refractivity contribution in [2.45, 2.75) is 46.7 Å². The lowest BCUT2D eigenvalue weighted by molar-refractivity contribution is -0.121. The van der Waals surface area contributed by atoms with E-state index in [1.165, 1.54) is 0 Å². The van der Waals surface area contributed by atoms with Crippen molar-refractivity contribution in [1.29, 1.82) is 0 Å². The van der Waals surface area contributed by atoms with Crippen LogP contribution in [-0.4, -0.2) is 22.3 Å². The lowest BCUT2D eigenvalue weighted by Crippen LogP contribution is -2.30. The summed E-state index contributed by atoms with van der Waals surface area (Å²) in [5.74, 6) is 0.0827. The van der Waals surface area contributed by atoms with Crippen LogP contribution < -0.4 is 5.32 Å². The van der Waals surface area contributed by atoms with Gasteiger partial charge in [-0.1, -0.05) is 11.6 Å². The fourth-order valence-corrected chi connectivity index (χ4v) is 2.49. The number of benzene rings is 1. The van der Waals surface area contributed by atoms with Crippen LogP contribution >= 0.6 is 0 Å². The van der Waals surface area contributed by atoms with Gasteiger partial charge in [0.05, 0.1) is 0 Å². The summed E-state index contributed by atoms with van der Waals surface area (Å²) in [4.78, 5) is 23.5. The van der Waals surface area contributed by atoms with Crippen LogP contribution in [0.15, 0.2) is 24.4 Å². The maximum absolute atomic E-state index is 11.8. The summed E-state index contributed by atoms with van der Waals surface area (Å²) in [5, 5.41) is 3.85. The van der Waals surface area contributed by atoms with Gasteiger partial charge in [0, 0.05) is 41.7 Å². The second-order valence-electron chi connectivity index (χ2n) is 5.79. The predicted molar refractivity (Wildman–Crippen MR) is 84.6 cm³/mol. The fourth-order valence-electron chi connectivity index (χ4n) is 2.49. The highest BCUT2D eigenvalue weighted by atomic mass is 16.1. The lowest BCUT2D eigenvalue weighted by atomic mass is 10.1. The van der Waals surface area contributed by atoms with E-state index in [-0.39, 0.29) is 17.7 Å². The lowest BCUT2D eigenvalue weighted by Gasteiger charge is -2.09. The van der Waals surface area contributed by atoms with Gasteiger partial charge < -0.3 is 9.88 Å². The van der Waals surface area contributed by atoms with Crippen molar-refractivity contribution < 1.29 is 9.59 Å². The van der Waals surface area contributed by atoms with E-state index in [0.717, 1.165) is 22.0 Å². The third-order valence-corrected chi connectivity index (χ3v) is 3.45. The van der Waals surface area contributed by atoms with Gasteiger partial charge in [0.15, 0.2) is 5.78 Å². The number of Topliss-reactive ketones (excluding diaryl/α,β-unsaturated/α-hetero) is 1. The highest BCUT2D eigenvalue weighted by molar-refractivity contribution is 6.07. The van der Waals surface area contributed by atoms with Crippen molar-refractivity contribution >= 4 is 22.6 Å². The Hall–Kier alpha value is -2.10. The number of fused-ring (bicyclic) bond motifs is 1. The molecule has 0 radical (unpaired) electrons. The number of amides is 1. The largest absolute Gasteiger partial charge is 0.354 e. The molecule has 0 atom stereocenters. The first kappa shape index (κ1) is 15.3. The predicted octanol–water partition coefficient (Wildman–Crippen LogP) is 3.07. The van der Waals surface area contributed by atoms with E-state index < -0.39 is 0 Å². The Morgan fingerprint density at radius 1 is 1.29 bits per heavy atom. The first-order valence-electron chi connectivity index (χ1n) is 7.28. The van der Waals surface area contributed by atoms with Crippen LogP contribution in [0.5, 0.6) is 0 Å². The van der Waals surface area contributed by atoms with E-state index in [4.69, 9.17) is 0 Å². The monoisotopic (exact) mass is 286 g/mol. The minimum Gasteiger partial charge on any atom is -0.354 e. The number of nitrogens with zero attached hydrogens (tertiary/aromatic N) is 1. The van der Waals surface area contributed by atoms with Gasteiger partial charge in [-0.2, -0.15) is 0 Å². The molecule has 1 N–H and O–H groups in total. The Morgan fingerprint density at radius 3 is 2.62 bits per heavy atom. The molecule has 0 saturated heterocycles. The molecule has 4 nitrogen and oxygen atoms in total. The maximum atomic E-state index is 11.8. The minimum absolute atomic E-state index is 0.0309. The second-order valence-corrected chi connectivity index (χ2v) is 5.79. The molecule has 2 aromatic rings. The number of carbonyl (C=O) groups is 2. The summed E-state index contributed by atoms with van der Waals surface area (Å²) in [6, 6.07) is 6.21. The molecule has 2 rings (SSSR count). The third kappa shape index (κ3) is 3.51. The molecule has 1 amide bonds. The molecule has 4 heteroatoms. The third-order valence-electron chi connectivity index (χ3n) is 3.45. The van der Waals surface area contributed by atoms with E-state index in [1.54, 1.807) is 6.92 Å². The Labute approximate surface area is 125 Å². The van der Waals surface area contributed by atoms with Gasteiger partial charge in [-0.25, -0.2) is 0 Å². The molecule has 0 spiro atoms. The number of rotatable bonds is 5. The molecule has 0 saturated carbocycles. The first-order valence-corrected chi connectivity index (χ1v) is 7.28. The Morgan fingerprint density at radius 2 is 2.00 bits per heavy atom. The van der Waals surface area contributed by atoms with E-state index in [1.807, 2.05) is 49.7 Å². The van der Waals surface area contributed by atoms with Gasteiger partial charge in [-0.3, -0.25) is 9.59 Å². The average molecular weight is 286 g/mol. The van der Waals surface area contributed by atoms with Crippen molar-refractivity contribution in [3.05, 3.63) is 35.5 Å². The van der Waals surface area contributed by atoms with Crippen LogP contribution in [0.2, 0.25) is 0 Å². The zero-order valence-corrected chi connectivity index (χ0v) is 13.1. The van der Waals surface area contributed by atoms with Gasteiger partial charge in [0.2, 0.25) is 5.91 Å². The molecule has 0 unspecified atom stereocenters. The van der Waals surface area contributed by atoms with Gasteiger partial charge in [-0.05, 0) is 39.8 Å². The molecule has 21 heavy (non-hydrogen) atoms. The van der Waals surface area contributed by atoms with Gasteiger partial charge in [0.25, 0.3) is 0 Å². The van der Waals surface area contributed by atoms with Crippen LogP contribution in [0.25, 0.3) is 10.9 Å².